The molecular weight excluding hydrogens is 460 g/mol. The molecule has 1 saturated heterocycles. The second-order valence-corrected chi connectivity index (χ2v) is 8.56. The molecule has 186 valence electrons. The van der Waals surface area contributed by atoms with Crippen LogP contribution in [0.25, 0.3) is 22.1 Å². The van der Waals surface area contributed by atoms with Gasteiger partial charge in [-0.1, -0.05) is 13.0 Å². The fraction of sp³-hybridized carbons (Fsp3) is 0.400. The molecule has 1 aromatic heterocycles. The summed E-state index contributed by atoms with van der Waals surface area (Å²) < 4.78 is 28.1. The molecule has 35 heavy (non-hydrogen) atoms. The minimum atomic E-state index is -1.57. The molecule has 2 aliphatic heterocycles. The Hall–Kier alpha value is -3.15. The molecule has 0 spiro atoms. The van der Waals surface area contributed by atoms with Crippen LogP contribution in [0.15, 0.2) is 39.5 Å². The van der Waals surface area contributed by atoms with Gasteiger partial charge in [0, 0.05) is 6.07 Å². The first-order valence-electron chi connectivity index (χ1n) is 11.3. The zero-order valence-electron chi connectivity index (χ0n) is 19.1. The van der Waals surface area contributed by atoms with E-state index in [4.69, 9.17) is 23.4 Å². The quantitative estimate of drug-likeness (QED) is 0.415. The molecule has 10 heteroatoms. The summed E-state index contributed by atoms with van der Waals surface area (Å²) in [6.45, 7) is 3.11. The number of ether oxygens (including phenoxy) is 4. The number of benzene rings is 2. The Morgan fingerprint density at radius 1 is 1.03 bits per heavy atom. The van der Waals surface area contributed by atoms with Crippen molar-refractivity contribution in [2.24, 2.45) is 0 Å². The van der Waals surface area contributed by atoms with Gasteiger partial charge < -0.3 is 43.8 Å². The van der Waals surface area contributed by atoms with Crippen LogP contribution in [0.4, 0.5) is 0 Å². The van der Waals surface area contributed by atoms with Crippen molar-refractivity contribution in [1.82, 2.24) is 0 Å². The highest BCUT2D eigenvalue weighted by Gasteiger charge is 2.45. The smallest absolute Gasteiger partial charge is 0.231 e. The normalized spacial score (nSPS) is 25.7. The molecule has 3 aromatic rings. The number of rotatable bonds is 5. The summed E-state index contributed by atoms with van der Waals surface area (Å²) in [6.07, 6.45) is -6.60. The predicted octanol–water partition coefficient (Wildman–Crippen LogP) is 1.24. The van der Waals surface area contributed by atoms with Crippen molar-refractivity contribution in [3.63, 3.8) is 0 Å². The second kappa shape index (κ2) is 9.14. The first kappa shape index (κ1) is 23.6. The molecule has 0 aliphatic carbocycles. The number of hydrogen-bond acceptors (Lipinski definition) is 10. The van der Waals surface area contributed by atoms with Crippen LogP contribution in [-0.4, -0.2) is 64.5 Å². The minimum Gasteiger partial charge on any atom is -0.462 e. The van der Waals surface area contributed by atoms with Crippen LogP contribution in [-0.2, 0) is 11.2 Å². The monoisotopic (exact) mass is 486 g/mol. The molecule has 0 bridgehead atoms. The van der Waals surface area contributed by atoms with Crippen molar-refractivity contribution in [3.8, 4) is 28.4 Å². The van der Waals surface area contributed by atoms with Crippen LogP contribution in [0.3, 0.4) is 0 Å². The third-order valence-electron chi connectivity index (χ3n) is 6.38. The van der Waals surface area contributed by atoms with Crippen LogP contribution < -0.4 is 19.6 Å². The van der Waals surface area contributed by atoms with E-state index in [-0.39, 0.29) is 23.6 Å². The Labute approximate surface area is 199 Å². The lowest BCUT2D eigenvalue weighted by molar-refractivity contribution is -0.277. The lowest BCUT2D eigenvalue weighted by Crippen LogP contribution is -2.60. The maximum Gasteiger partial charge on any atom is 0.231 e. The van der Waals surface area contributed by atoms with Crippen LogP contribution >= 0.6 is 0 Å². The molecule has 2 aliphatic rings. The van der Waals surface area contributed by atoms with E-state index in [0.717, 1.165) is 0 Å². The Morgan fingerprint density at radius 2 is 1.80 bits per heavy atom. The number of aliphatic hydroxyl groups is 4. The first-order valence-corrected chi connectivity index (χ1v) is 11.3. The summed E-state index contributed by atoms with van der Waals surface area (Å²) >= 11 is 0. The highest BCUT2D eigenvalue weighted by molar-refractivity contribution is 5.85. The molecule has 5 rings (SSSR count). The topological polar surface area (TPSA) is 148 Å². The van der Waals surface area contributed by atoms with E-state index in [2.05, 4.69) is 0 Å². The fourth-order valence-electron chi connectivity index (χ4n) is 4.44. The first-order chi connectivity index (χ1) is 16.8. The van der Waals surface area contributed by atoms with Gasteiger partial charge in [-0.2, -0.15) is 0 Å². The lowest BCUT2D eigenvalue weighted by atomic mass is 9.99. The van der Waals surface area contributed by atoms with Gasteiger partial charge in [0.1, 0.15) is 41.5 Å². The largest absolute Gasteiger partial charge is 0.462 e. The third kappa shape index (κ3) is 4.03. The molecule has 0 amide bonds. The van der Waals surface area contributed by atoms with Crippen molar-refractivity contribution in [2.45, 2.75) is 51.0 Å². The van der Waals surface area contributed by atoms with Crippen LogP contribution in [0.5, 0.6) is 17.2 Å². The second-order valence-electron chi connectivity index (χ2n) is 8.56. The van der Waals surface area contributed by atoms with Crippen molar-refractivity contribution >= 4 is 11.0 Å². The SMILES string of the molecule is CCc1cc2c(=O)c(-c3ccc4c(c3)OCO4)c(C)oc2cc1O[C@@H]1O[C@@H](CO)[C@H](O)[C@@H](O)[C@@H]1O. The van der Waals surface area contributed by atoms with E-state index in [0.29, 0.717) is 45.8 Å². The van der Waals surface area contributed by atoms with Gasteiger partial charge in [-0.05, 0) is 42.7 Å². The number of aliphatic hydroxyl groups excluding tert-OH is 4. The van der Waals surface area contributed by atoms with E-state index >= 15 is 0 Å². The molecule has 0 radical (unpaired) electrons. The summed E-state index contributed by atoms with van der Waals surface area (Å²) in [5.41, 5.74) is 1.73. The Kier molecular flexibility index (Phi) is 6.16. The molecule has 10 nitrogen and oxygen atoms in total. The Bertz CT molecular complexity index is 1310. The fourth-order valence-corrected chi connectivity index (χ4v) is 4.44. The maximum atomic E-state index is 13.5. The summed E-state index contributed by atoms with van der Waals surface area (Å²) in [4.78, 5) is 13.5. The number of hydrogen-bond donors (Lipinski definition) is 4. The van der Waals surface area contributed by atoms with E-state index in [1.54, 1.807) is 31.2 Å². The van der Waals surface area contributed by atoms with Gasteiger partial charge in [0.05, 0.1) is 17.6 Å². The molecule has 5 atom stereocenters. The minimum absolute atomic E-state index is 0.126. The summed E-state index contributed by atoms with van der Waals surface area (Å²) in [6, 6.07) is 8.46. The molecule has 2 aromatic carbocycles. The number of aryl methyl sites for hydroxylation is 2. The van der Waals surface area contributed by atoms with E-state index in [1.165, 1.54) is 6.07 Å². The zero-order valence-corrected chi connectivity index (χ0v) is 19.1. The summed E-state index contributed by atoms with van der Waals surface area (Å²) in [5, 5.41) is 40.2. The molecule has 4 N–H and O–H groups in total. The van der Waals surface area contributed by atoms with Gasteiger partial charge in [-0.15, -0.1) is 0 Å². The summed E-state index contributed by atoms with van der Waals surface area (Å²) in [5.74, 6) is 1.84. The average molecular weight is 486 g/mol. The van der Waals surface area contributed by atoms with E-state index in [1.807, 2.05) is 6.92 Å². The van der Waals surface area contributed by atoms with Crippen LogP contribution in [0.1, 0.15) is 18.2 Å². The Morgan fingerprint density at radius 3 is 2.54 bits per heavy atom. The zero-order chi connectivity index (χ0) is 24.9. The van der Waals surface area contributed by atoms with Gasteiger partial charge >= 0.3 is 0 Å². The summed E-state index contributed by atoms with van der Waals surface area (Å²) in [7, 11) is 0. The maximum absolute atomic E-state index is 13.5. The molecule has 1 fully saturated rings. The van der Waals surface area contributed by atoms with Crippen LogP contribution in [0, 0.1) is 6.92 Å². The van der Waals surface area contributed by atoms with Crippen LogP contribution in [0.2, 0.25) is 0 Å². The molecular formula is C25H26O10. The molecule has 3 heterocycles. The Balaban J connectivity index is 1.54. The van der Waals surface area contributed by atoms with E-state index < -0.39 is 37.3 Å². The van der Waals surface area contributed by atoms with Gasteiger partial charge in [-0.3, -0.25) is 4.79 Å². The standard InChI is InChI=1S/C25H26O10/c1-3-12-6-14-17(8-16(12)34-25-24(30)23(29)22(28)19(9-26)35-25)33-11(2)20(21(14)27)13-4-5-15-18(7-13)32-10-31-15/h4-8,19,22-26,28-30H,3,9-10H2,1-2H3/t19-,22-,23+,24-,25+/m0/s1. The highest BCUT2D eigenvalue weighted by atomic mass is 16.7. The molecule has 0 saturated carbocycles. The average Bonchev–Trinajstić information content (AvgIpc) is 3.32. The van der Waals surface area contributed by atoms with Gasteiger partial charge in [-0.25, -0.2) is 0 Å². The van der Waals surface area contributed by atoms with Crippen molar-refractivity contribution in [3.05, 3.63) is 51.9 Å². The highest BCUT2D eigenvalue weighted by Crippen LogP contribution is 2.37. The van der Waals surface area contributed by atoms with Crippen molar-refractivity contribution < 1.29 is 43.8 Å². The third-order valence-corrected chi connectivity index (χ3v) is 6.38. The van der Waals surface area contributed by atoms with Gasteiger partial charge in [0.25, 0.3) is 0 Å². The van der Waals surface area contributed by atoms with Gasteiger partial charge in [0.15, 0.2) is 11.5 Å². The lowest BCUT2D eigenvalue weighted by Gasteiger charge is -2.39. The predicted molar refractivity (Wildman–Crippen MR) is 123 cm³/mol. The van der Waals surface area contributed by atoms with Gasteiger partial charge in [0.2, 0.25) is 18.5 Å². The van der Waals surface area contributed by atoms with Crippen molar-refractivity contribution in [2.75, 3.05) is 13.4 Å². The molecule has 0 unspecified atom stereocenters. The van der Waals surface area contributed by atoms with E-state index in [9.17, 15) is 25.2 Å². The van der Waals surface area contributed by atoms with Crippen molar-refractivity contribution in [1.29, 1.82) is 0 Å². The number of fused-ring (bicyclic) bond motifs is 2.